The van der Waals surface area contributed by atoms with E-state index >= 15 is 0 Å². The fourth-order valence-electron chi connectivity index (χ4n) is 3.06. The molecule has 0 spiro atoms. The van der Waals surface area contributed by atoms with E-state index in [2.05, 4.69) is 11.7 Å². The predicted octanol–water partition coefficient (Wildman–Crippen LogP) is 2.71. The van der Waals surface area contributed by atoms with Crippen molar-refractivity contribution in [2.45, 2.75) is 32.6 Å². The van der Waals surface area contributed by atoms with Crippen molar-refractivity contribution in [2.75, 3.05) is 0 Å². The molecule has 1 heterocycles. The second-order valence-corrected chi connectivity index (χ2v) is 4.57. The van der Waals surface area contributed by atoms with Gasteiger partial charge in [0.15, 0.2) is 11.5 Å². The highest BCUT2D eigenvalue weighted by Gasteiger charge is 2.55. The van der Waals surface area contributed by atoms with Crippen LogP contribution in [0.15, 0.2) is 11.5 Å². The van der Waals surface area contributed by atoms with Crippen molar-refractivity contribution in [3.05, 3.63) is 11.5 Å². The van der Waals surface area contributed by atoms with Crippen LogP contribution >= 0.6 is 0 Å². The van der Waals surface area contributed by atoms with Crippen molar-refractivity contribution < 1.29 is 23.8 Å². The van der Waals surface area contributed by atoms with Crippen LogP contribution in [0.3, 0.4) is 0 Å². The third-order valence-electron chi connectivity index (χ3n) is 3.91. The lowest BCUT2D eigenvalue weighted by molar-refractivity contribution is 0.0670. The fraction of sp³-hybridized carbons (Fsp3) is 0.636. The highest BCUT2D eigenvalue weighted by Crippen LogP contribution is 2.60. The van der Waals surface area contributed by atoms with Crippen LogP contribution in [0.5, 0.6) is 0 Å². The third kappa shape index (κ3) is 1.11. The molecule has 0 radical (unpaired) electrons. The minimum absolute atomic E-state index is 0.121. The van der Waals surface area contributed by atoms with E-state index < -0.39 is 12.3 Å². The van der Waals surface area contributed by atoms with Gasteiger partial charge in [-0.1, -0.05) is 6.92 Å². The molecule has 3 aliphatic rings. The van der Waals surface area contributed by atoms with Crippen LogP contribution in [-0.2, 0) is 14.2 Å². The van der Waals surface area contributed by atoms with Crippen molar-refractivity contribution >= 4 is 12.3 Å². The molecule has 5 heteroatoms. The monoisotopic (exact) mass is 224 g/mol. The summed E-state index contributed by atoms with van der Waals surface area (Å²) in [7, 11) is 0. The van der Waals surface area contributed by atoms with Crippen LogP contribution in [0.4, 0.5) is 9.59 Å². The Morgan fingerprint density at radius 1 is 1.25 bits per heavy atom. The number of hydrogen-bond acceptors (Lipinski definition) is 5. The molecule has 2 bridgehead atoms. The van der Waals surface area contributed by atoms with Gasteiger partial charge in [0, 0.05) is 11.3 Å². The third-order valence-corrected chi connectivity index (χ3v) is 3.91. The molecule has 5 nitrogen and oxygen atoms in total. The van der Waals surface area contributed by atoms with Crippen LogP contribution in [0.25, 0.3) is 0 Å². The van der Waals surface area contributed by atoms with Gasteiger partial charge in [0.25, 0.3) is 0 Å². The summed E-state index contributed by atoms with van der Waals surface area (Å²) in [6.07, 6.45) is 1.81. The molecule has 1 aliphatic heterocycles. The minimum atomic E-state index is -0.978. The summed E-state index contributed by atoms with van der Waals surface area (Å²) in [4.78, 5) is 22.3. The standard InChI is InChI=1S/C11H12O5/c1-2-11-4-3-6(5-11)7-8(11)15-10(13)16-9(12)14-7/h6H,2-5H2,1H3. The lowest BCUT2D eigenvalue weighted by atomic mass is 9.83. The Morgan fingerprint density at radius 2 is 2.00 bits per heavy atom. The first-order chi connectivity index (χ1) is 7.64. The number of fused-ring (bicyclic) bond motifs is 4. The van der Waals surface area contributed by atoms with E-state index in [1.807, 2.05) is 0 Å². The van der Waals surface area contributed by atoms with E-state index in [0.717, 1.165) is 25.7 Å². The van der Waals surface area contributed by atoms with Crippen LogP contribution < -0.4 is 0 Å². The number of hydrogen-bond donors (Lipinski definition) is 0. The zero-order chi connectivity index (χ0) is 11.3. The molecule has 1 fully saturated rings. The Labute approximate surface area is 92.3 Å². The maximum absolute atomic E-state index is 11.2. The summed E-state index contributed by atoms with van der Waals surface area (Å²) in [5, 5.41) is 0. The molecular formula is C11H12O5. The average Bonchev–Trinajstić information content (AvgIpc) is 2.73. The van der Waals surface area contributed by atoms with E-state index in [1.54, 1.807) is 0 Å². The Morgan fingerprint density at radius 3 is 2.75 bits per heavy atom. The van der Waals surface area contributed by atoms with Crippen molar-refractivity contribution in [3.8, 4) is 0 Å². The van der Waals surface area contributed by atoms with Crippen molar-refractivity contribution in [1.82, 2.24) is 0 Å². The van der Waals surface area contributed by atoms with Gasteiger partial charge in [0.05, 0.1) is 0 Å². The van der Waals surface area contributed by atoms with Gasteiger partial charge in [-0.05, 0) is 25.7 Å². The van der Waals surface area contributed by atoms with Crippen LogP contribution in [-0.4, -0.2) is 12.3 Å². The fourth-order valence-corrected chi connectivity index (χ4v) is 3.06. The van der Waals surface area contributed by atoms with E-state index in [0.29, 0.717) is 11.5 Å². The summed E-state index contributed by atoms with van der Waals surface area (Å²) >= 11 is 0. The topological polar surface area (TPSA) is 61.8 Å². The second-order valence-electron chi connectivity index (χ2n) is 4.57. The lowest BCUT2D eigenvalue weighted by Crippen LogP contribution is -2.21. The minimum Gasteiger partial charge on any atom is -0.395 e. The molecule has 0 saturated heterocycles. The second kappa shape index (κ2) is 2.99. The average molecular weight is 224 g/mol. The van der Waals surface area contributed by atoms with Gasteiger partial charge in [-0.2, -0.15) is 0 Å². The molecule has 86 valence electrons. The Hall–Kier alpha value is -1.52. The lowest BCUT2D eigenvalue weighted by Gasteiger charge is -2.26. The summed E-state index contributed by atoms with van der Waals surface area (Å²) in [5.74, 6) is 1.25. The Balaban J connectivity index is 2.05. The zero-order valence-electron chi connectivity index (χ0n) is 8.95. The summed E-state index contributed by atoms with van der Waals surface area (Å²) < 4.78 is 14.4. The molecule has 0 aromatic carbocycles. The maximum Gasteiger partial charge on any atom is 0.523 e. The molecule has 2 aliphatic carbocycles. The molecular weight excluding hydrogens is 212 g/mol. The van der Waals surface area contributed by atoms with Crippen LogP contribution in [0.2, 0.25) is 0 Å². The molecule has 1 saturated carbocycles. The Bertz CT molecular complexity index is 411. The summed E-state index contributed by atoms with van der Waals surface area (Å²) in [6, 6.07) is 0. The van der Waals surface area contributed by atoms with E-state index in [1.165, 1.54) is 0 Å². The molecule has 0 amide bonds. The highest BCUT2D eigenvalue weighted by molar-refractivity contribution is 5.79. The van der Waals surface area contributed by atoms with Crippen LogP contribution in [0, 0.1) is 11.3 Å². The first kappa shape index (κ1) is 9.69. The summed E-state index contributed by atoms with van der Waals surface area (Å²) in [6.45, 7) is 2.06. The first-order valence-corrected chi connectivity index (χ1v) is 5.51. The number of allylic oxidation sites excluding steroid dienone is 2. The molecule has 0 aromatic heterocycles. The number of carbonyl (C=O) groups excluding carboxylic acids is 2. The van der Waals surface area contributed by atoms with Gasteiger partial charge in [-0.15, -0.1) is 0 Å². The van der Waals surface area contributed by atoms with Crippen molar-refractivity contribution in [1.29, 1.82) is 0 Å². The van der Waals surface area contributed by atoms with Gasteiger partial charge < -0.3 is 14.2 Å². The number of rotatable bonds is 1. The van der Waals surface area contributed by atoms with E-state index in [-0.39, 0.29) is 11.3 Å². The quantitative estimate of drug-likeness (QED) is 0.506. The van der Waals surface area contributed by atoms with E-state index in [9.17, 15) is 9.59 Å². The predicted molar refractivity (Wildman–Crippen MR) is 51.1 cm³/mol. The largest absolute Gasteiger partial charge is 0.523 e. The molecule has 0 aromatic rings. The molecule has 16 heavy (non-hydrogen) atoms. The molecule has 2 unspecified atom stereocenters. The number of ether oxygens (including phenoxy) is 3. The van der Waals surface area contributed by atoms with Gasteiger partial charge in [-0.3, -0.25) is 0 Å². The van der Waals surface area contributed by atoms with Crippen molar-refractivity contribution in [2.24, 2.45) is 11.3 Å². The number of carbonyl (C=O) groups is 2. The Kier molecular flexibility index (Phi) is 1.81. The number of cyclic esters (lactones) is 2. The SMILES string of the molecule is CCC12CCC(C1)C1=C2OC(=O)OC(=O)O1. The van der Waals surface area contributed by atoms with Gasteiger partial charge in [0.1, 0.15) is 0 Å². The van der Waals surface area contributed by atoms with Gasteiger partial charge in [-0.25, -0.2) is 9.59 Å². The first-order valence-electron chi connectivity index (χ1n) is 5.51. The molecule has 3 rings (SSSR count). The maximum atomic E-state index is 11.2. The highest BCUT2D eigenvalue weighted by atomic mass is 16.8. The smallest absolute Gasteiger partial charge is 0.395 e. The zero-order valence-corrected chi connectivity index (χ0v) is 8.95. The van der Waals surface area contributed by atoms with Crippen molar-refractivity contribution in [3.63, 3.8) is 0 Å². The molecule has 2 atom stereocenters. The summed E-state index contributed by atoms with van der Waals surface area (Å²) in [5.41, 5.74) is -0.121. The van der Waals surface area contributed by atoms with Gasteiger partial charge in [0.2, 0.25) is 0 Å². The van der Waals surface area contributed by atoms with E-state index in [4.69, 9.17) is 9.47 Å². The molecule has 0 N–H and O–H groups in total. The van der Waals surface area contributed by atoms with Crippen LogP contribution in [0.1, 0.15) is 32.6 Å². The normalized spacial score (nSPS) is 36.4. The van der Waals surface area contributed by atoms with Gasteiger partial charge >= 0.3 is 12.3 Å².